The Kier molecular flexibility index (Phi) is 4.06. The van der Waals surface area contributed by atoms with E-state index in [1.807, 2.05) is 0 Å². The number of rotatable bonds is 5. The minimum Gasteiger partial charge on any atom is -0.390 e. The summed E-state index contributed by atoms with van der Waals surface area (Å²) >= 11 is 5.49. The number of halogens is 2. The van der Waals surface area contributed by atoms with Crippen LogP contribution in [-0.2, 0) is 0 Å². The fourth-order valence-electron chi connectivity index (χ4n) is 1.40. The van der Waals surface area contributed by atoms with E-state index in [2.05, 4.69) is 20.8 Å². The SMILES string of the molecule is OC(CCl)CNc1cc(F)ccc1-n1cnnn1. The van der Waals surface area contributed by atoms with Crippen molar-refractivity contribution in [2.75, 3.05) is 17.7 Å². The highest BCUT2D eigenvalue weighted by Crippen LogP contribution is 2.20. The molecule has 0 fully saturated rings. The molecule has 8 heteroatoms. The topological polar surface area (TPSA) is 75.9 Å². The maximum absolute atomic E-state index is 13.2. The molecular weight excluding hydrogens is 261 g/mol. The highest BCUT2D eigenvalue weighted by Gasteiger charge is 2.09. The predicted molar refractivity (Wildman–Crippen MR) is 64.3 cm³/mol. The van der Waals surface area contributed by atoms with Crippen molar-refractivity contribution in [2.24, 2.45) is 0 Å². The Hall–Kier alpha value is -1.73. The first kappa shape index (κ1) is 12.7. The Balaban J connectivity index is 2.24. The van der Waals surface area contributed by atoms with Gasteiger partial charge < -0.3 is 10.4 Å². The van der Waals surface area contributed by atoms with E-state index in [-0.39, 0.29) is 12.4 Å². The molecule has 6 nitrogen and oxygen atoms in total. The molecule has 1 atom stereocenters. The van der Waals surface area contributed by atoms with Crippen LogP contribution < -0.4 is 5.32 Å². The van der Waals surface area contributed by atoms with Crippen LogP contribution in [0.15, 0.2) is 24.5 Å². The lowest BCUT2D eigenvalue weighted by molar-refractivity contribution is 0.211. The standard InChI is InChI=1S/C10H11ClFN5O/c11-4-8(18)5-13-9-3-7(12)1-2-10(9)17-6-14-15-16-17/h1-3,6,8,13,18H,4-5H2. The van der Waals surface area contributed by atoms with Gasteiger partial charge in [0.15, 0.2) is 0 Å². The van der Waals surface area contributed by atoms with Crippen molar-refractivity contribution in [3.63, 3.8) is 0 Å². The minimum atomic E-state index is -0.711. The van der Waals surface area contributed by atoms with E-state index < -0.39 is 11.9 Å². The summed E-state index contributed by atoms with van der Waals surface area (Å²) in [7, 11) is 0. The molecule has 1 unspecified atom stereocenters. The first-order chi connectivity index (χ1) is 8.70. The zero-order chi connectivity index (χ0) is 13.0. The lowest BCUT2D eigenvalue weighted by Crippen LogP contribution is -2.21. The number of aromatic nitrogens is 4. The lowest BCUT2D eigenvalue weighted by atomic mass is 10.2. The fourth-order valence-corrected chi connectivity index (χ4v) is 1.51. The van der Waals surface area contributed by atoms with Gasteiger partial charge in [0.25, 0.3) is 0 Å². The second-order valence-electron chi connectivity index (χ2n) is 3.60. The van der Waals surface area contributed by atoms with Crippen molar-refractivity contribution >= 4 is 17.3 Å². The first-order valence-electron chi connectivity index (χ1n) is 5.21. The van der Waals surface area contributed by atoms with Gasteiger partial charge in [-0.1, -0.05) is 0 Å². The third-order valence-electron chi connectivity index (χ3n) is 2.26. The second-order valence-corrected chi connectivity index (χ2v) is 3.91. The summed E-state index contributed by atoms with van der Waals surface area (Å²) in [4.78, 5) is 0. The number of benzene rings is 1. The van der Waals surface area contributed by atoms with Crippen molar-refractivity contribution in [2.45, 2.75) is 6.10 Å². The smallest absolute Gasteiger partial charge is 0.143 e. The van der Waals surface area contributed by atoms with Gasteiger partial charge in [0.2, 0.25) is 0 Å². The van der Waals surface area contributed by atoms with Crippen LogP contribution in [0.3, 0.4) is 0 Å². The summed E-state index contributed by atoms with van der Waals surface area (Å²) in [5.74, 6) is -0.294. The van der Waals surface area contributed by atoms with E-state index in [1.165, 1.54) is 23.1 Å². The highest BCUT2D eigenvalue weighted by atomic mass is 35.5. The first-order valence-corrected chi connectivity index (χ1v) is 5.75. The van der Waals surface area contributed by atoms with E-state index in [4.69, 9.17) is 11.6 Å². The molecule has 0 aliphatic rings. The van der Waals surface area contributed by atoms with Crippen LogP contribution in [0.4, 0.5) is 10.1 Å². The van der Waals surface area contributed by atoms with Gasteiger partial charge in [-0.3, -0.25) is 0 Å². The van der Waals surface area contributed by atoms with Crippen LogP contribution in [0.5, 0.6) is 0 Å². The molecule has 2 aromatic rings. The molecule has 0 bridgehead atoms. The quantitative estimate of drug-likeness (QED) is 0.787. The number of aliphatic hydroxyl groups is 1. The number of tetrazole rings is 1. The summed E-state index contributed by atoms with van der Waals surface area (Å²) in [6.45, 7) is 0.210. The Morgan fingerprint density at radius 2 is 2.33 bits per heavy atom. The molecular formula is C10H11ClFN5O. The predicted octanol–water partition coefficient (Wildman–Crippen LogP) is 0.813. The van der Waals surface area contributed by atoms with Gasteiger partial charge in [-0.15, -0.1) is 16.7 Å². The molecule has 0 aliphatic carbocycles. The van der Waals surface area contributed by atoms with Crippen LogP contribution in [0, 0.1) is 5.82 Å². The molecule has 0 amide bonds. The lowest BCUT2D eigenvalue weighted by Gasteiger charge is -2.13. The van der Waals surface area contributed by atoms with Crippen molar-refractivity contribution in [1.29, 1.82) is 0 Å². The maximum atomic E-state index is 13.2. The Morgan fingerprint density at radius 3 is 3.00 bits per heavy atom. The number of hydrogen-bond donors (Lipinski definition) is 2. The second kappa shape index (κ2) is 5.74. The molecule has 0 saturated heterocycles. The molecule has 1 aromatic heterocycles. The van der Waals surface area contributed by atoms with Crippen LogP contribution >= 0.6 is 11.6 Å². The van der Waals surface area contributed by atoms with Gasteiger partial charge in [-0.05, 0) is 28.6 Å². The van der Waals surface area contributed by atoms with Gasteiger partial charge in [-0.2, -0.15) is 4.68 Å². The van der Waals surface area contributed by atoms with Crippen LogP contribution in [-0.4, -0.2) is 43.8 Å². The minimum absolute atomic E-state index is 0.0997. The van der Waals surface area contributed by atoms with Crippen LogP contribution in [0.1, 0.15) is 0 Å². The van der Waals surface area contributed by atoms with Gasteiger partial charge in [0, 0.05) is 6.54 Å². The number of aliphatic hydroxyl groups excluding tert-OH is 1. The molecule has 2 rings (SSSR count). The molecule has 0 spiro atoms. The average molecular weight is 272 g/mol. The van der Waals surface area contributed by atoms with Gasteiger partial charge >= 0.3 is 0 Å². The third kappa shape index (κ3) is 2.93. The monoisotopic (exact) mass is 271 g/mol. The summed E-state index contributed by atoms with van der Waals surface area (Å²) in [6.07, 6.45) is 0.688. The number of nitrogens with zero attached hydrogens (tertiary/aromatic N) is 4. The van der Waals surface area contributed by atoms with Crippen molar-refractivity contribution < 1.29 is 9.50 Å². The largest absolute Gasteiger partial charge is 0.390 e. The maximum Gasteiger partial charge on any atom is 0.143 e. The summed E-state index contributed by atoms with van der Waals surface area (Å²) in [5, 5.41) is 23.0. The molecule has 1 heterocycles. The summed E-state index contributed by atoms with van der Waals surface area (Å²) in [6, 6.07) is 4.15. The van der Waals surface area contributed by atoms with Gasteiger partial charge in [-0.25, -0.2) is 4.39 Å². The summed E-state index contributed by atoms with van der Waals surface area (Å²) in [5.41, 5.74) is 1.06. The summed E-state index contributed by atoms with van der Waals surface area (Å²) < 4.78 is 14.6. The molecule has 18 heavy (non-hydrogen) atoms. The van der Waals surface area contributed by atoms with Gasteiger partial charge in [0.05, 0.1) is 23.4 Å². The highest BCUT2D eigenvalue weighted by molar-refractivity contribution is 6.18. The Bertz CT molecular complexity index is 507. The van der Waals surface area contributed by atoms with E-state index in [0.717, 1.165) is 0 Å². The van der Waals surface area contributed by atoms with Crippen LogP contribution in [0.25, 0.3) is 5.69 Å². The normalized spacial score (nSPS) is 12.4. The third-order valence-corrected chi connectivity index (χ3v) is 2.62. The average Bonchev–Trinajstić information content (AvgIpc) is 2.89. The number of nitrogens with one attached hydrogen (secondary N) is 1. The van der Waals surface area contributed by atoms with Crippen molar-refractivity contribution in [1.82, 2.24) is 20.2 Å². The Labute approximate surface area is 107 Å². The fraction of sp³-hybridized carbons (Fsp3) is 0.300. The molecule has 96 valence electrons. The number of hydrogen-bond acceptors (Lipinski definition) is 5. The Morgan fingerprint density at radius 1 is 1.50 bits per heavy atom. The van der Waals surface area contributed by atoms with Gasteiger partial charge in [0.1, 0.15) is 12.1 Å². The van der Waals surface area contributed by atoms with E-state index in [0.29, 0.717) is 11.4 Å². The van der Waals surface area contributed by atoms with Crippen LogP contribution in [0.2, 0.25) is 0 Å². The van der Waals surface area contributed by atoms with Crippen molar-refractivity contribution in [3.8, 4) is 5.69 Å². The number of alkyl halides is 1. The molecule has 0 aliphatic heterocycles. The molecule has 0 radical (unpaired) electrons. The number of anilines is 1. The zero-order valence-electron chi connectivity index (χ0n) is 9.29. The van der Waals surface area contributed by atoms with E-state index in [1.54, 1.807) is 6.07 Å². The molecule has 2 N–H and O–H groups in total. The van der Waals surface area contributed by atoms with E-state index in [9.17, 15) is 9.50 Å². The van der Waals surface area contributed by atoms with E-state index >= 15 is 0 Å². The molecule has 0 saturated carbocycles. The zero-order valence-corrected chi connectivity index (χ0v) is 10.0. The van der Waals surface area contributed by atoms with Crippen molar-refractivity contribution in [3.05, 3.63) is 30.3 Å². The molecule has 1 aromatic carbocycles.